The number of aromatic nitrogens is 2. The molecule has 27 heavy (non-hydrogen) atoms. The van der Waals surface area contributed by atoms with Gasteiger partial charge in [-0.3, -0.25) is 15.6 Å². The Morgan fingerprint density at radius 3 is 2.30 bits per heavy atom. The highest BCUT2D eigenvalue weighted by Gasteiger charge is 2.25. The summed E-state index contributed by atoms with van der Waals surface area (Å²) in [5.41, 5.74) is 7.64. The Labute approximate surface area is 158 Å². The van der Waals surface area contributed by atoms with Gasteiger partial charge in [-0.15, -0.1) is 0 Å². The number of aryl methyl sites for hydroxylation is 2. The van der Waals surface area contributed by atoms with Gasteiger partial charge >= 0.3 is 6.09 Å². The molecule has 0 bridgehead atoms. The molecule has 0 unspecified atom stereocenters. The molecule has 0 radical (unpaired) electrons. The minimum Gasteiger partial charge on any atom is -0.445 e. The van der Waals surface area contributed by atoms with Crippen LogP contribution in [0.4, 0.5) is 10.7 Å². The van der Waals surface area contributed by atoms with E-state index in [1.807, 2.05) is 64.1 Å². The standard InChI is InChI=1S/C19H25N5O3/c1-12(2)16(22-19(26)27-11-15-8-6-5-7-9-15)17(25)23-24-18-20-13(3)10-14(4)21-18/h5-10,12,16H,11H2,1-4H3,(H,22,26)(H,23,25)(H,20,21,24)/t16-/m0/s1. The Morgan fingerprint density at radius 1 is 1.07 bits per heavy atom. The summed E-state index contributed by atoms with van der Waals surface area (Å²) in [5.74, 6) is -0.268. The molecule has 8 nitrogen and oxygen atoms in total. The first-order valence-electron chi connectivity index (χ1n) is 8.70. The van der Waals surface area contributed by atoms with Crippen LogP contribution in [0.2, 0.25) is 0 Å². The third-order valence-corrected chi connectivity index (χ3v) is 3.72. The average molecular weight is 371 g/mol. The van der Waals surface area contributed by atoms with Crippen LogP contribution in [0.25, 0.3) is 0 Å². The fraction of sp³-hybridized carbons (Fsp3) is 0.368. The number of alkyl carbamates (subject to hydrolysis) is 1. The molecule has 0 saturated carbocycles. The highest BCUT2D eigenvalue weighted by molar-refractivity contribution is 5.86. The molecule has 1 atom stereocenters. The van der Waals surface area contributed by atoms with Crippen molar-refractivity contribution in [1.82, 2.24) is 20.7 Å². The largest absolute Gasteiger partial charge is 0.445 e. The summed E-state index contributed by atoms with van der Waals surface area (Å²) < 4.78 is 5.18. The van der Waals surface area contributed by atoms with Gasteiger partial charge in [0.2, 0.25) is 5.95 Å². The molecule has 0 aliphatic heterocycles. The zero-order valence-corrected chi connectivity index (χ0v) is 15.9. The van der Waals surface area contributed by atoms with Gasteiger partial charge in [-0.2, -0.15) is 0 Å². The van der Waals surface area contributed by atoms with Gasteiger partial charge in [0.15, 0.2) is 0 Å². The van der Waals surface area contributed by atoms with Crippen molar-refractivity contribution in [3.8, 4) is 0 Å². The molecule has 0 spiro atoms. The summed E-state index contributed by atoms with van der Waals surface area (Å²) in [4.78, 5) is 32.8. The average Bonchev–Trinajstić information content (AvgIpc) is 2.62. The molecule has 2 aromatic rings. The third-order valence-electron chi connectivity index (χ3n) is 3.72. The van der Waals surface area contributed by atoms with E-state index in [0.29, 0.717) is 0 Å². The van der Waals surface area contributed by atoms with Gasteiger partial charge in [-0.25, -0.2) is 14.8 Å². The molecule has 144 valence electrons. The third kappa shape index (κ3) is 6.58. The summed E-state index contributed by atoms with van der Waals surface area (Å²) >= 11 is 0. The van der Waals surface area contributed by atoms with E-state index in [1.54, 1.807) is 0 Å². The number of nitrogens with zero attached hydrogens (tertiary/aromatic N) is 2. The number of benzene rings is 1. The van der Waals surface area contributed by atoms with E-state index in [-0.39, 0.29) is 18.5 Å². The van der Waals surface area contributed by atoms with Gasteiger partial charge in [0.05, 0.1) is 0 Å². The number of carbonyl (C=O) groups excluding carboxylic acids is 2. The van der Waals surface area contributed by atoms with E-state index in [4.69, 9.17) is 4.74 Å². The number of amides is 2. The van der Waals surface area contributed by atoms with Crippen LogP contribution in [0.5, 0.6) is 0 Å². The Morgan fingerprint density at radius 2 is 1.70 bits per heavy atom. The van der Waals surface area contributed by atoms with Crippen LogP contribution >= 0.6 is 0 Å². The maximum Gasteiger partial charge on any atom is 0.408 e. The zero-order chi connectivity index (χ0) is 19.8. The number of anilines is 1. The second-order valence-corrected chi connectivity index (χ2v) is 6.52. The summed E-state index contributed by atoms with van der Waals surface area (Å²) in [6.45, 7) is 7.46. The molecule has 2 rings (SSSR count). The van der Waals surface area contributed by atoms with Gasteiger partial charge in [0.25, 0.3) is 5.91 Å². The molecule has 8 heteroatoms. The zero-order valence-electron chi connectivity index (χ0n) is 15.9. The molecule has 1 heterocycles. The first kappa shape index (κ1) is 20.2. The molecule has 0 fully saturated rings. The topological polar surface area (TPSA) is 105 Å². The number of hydrogen-bond acceptors (Lipinski definition) is 6. The predicted molar refractivity (Wildman–Crippen MR) is 102 cm³/mol. The van der Waals surface area contributed by atoms with Crippen molar-refractivity contribution in [2.24, 2.45) is 5.92 Å². The van der Waals surface area contributed by atoms with E-state index < -0.39 is 18.0 Å². The van der Waals surface area contributed by atoms with Crippen LogP contribution in [0.15, 0.2) is 36.4 Å². The number of hydrazine groups is 1. The lowest BCUT2D eigenvalue weighted by Crippen LogP contribution is -2.51. The normalized spacial score (nSPS) is 11.6. The van der Waals surface area contributed by atoms with Gasteiger partial charge in [0, 0.05) is 11.4 Å². The van der Waals surface area contributed by atoms with Gasteiger partial charge in [-0.1, -0.05) is 44.2 Å². The van der Waals surface area contributed by atoms with E-state index in [9.17, 15) is 9.59 Å². The van der Waals surface area contributed by atoms with Gasteiger partial charge < -0.3 is 10.1 Å². The van der Waals surface area contributed by atoms with Gasteiger partial charge in [-0.05, 0) is 31.4 Å². The lowest BCUT2D eigenvalue weighted by atomic mass is 10.0. The lowest BCUT2D eigenvalue weighted by Gasteiger charge is -2.21. The SMILES string of the molecule is Cc1cc(C)nc(NNC(=O)[C@@H](NC(=O)OCc2ccccc2)C(C)C)n1. The number of carbonyl (C=O) groups is 2. The summed E-state index contributed by atoms with van der Waals surface area (Å²) in [6, 6.07) is 10.4. The van der Waals surface area contributed by atoms with E-state index in [0.717, 1.165) is 17.0 Å². The Bertz CT molecular complexity index is 760. The highest BCUT2D eigenvalue weighted by Crippen LogP contribution is 2.06. The summed E-state index contributed by atoms with van der Waals surface area (Å²) in [5, 5.41) is 2.59. The molecule has 1 aromatic carbocycles. The van der Waals surface area contributed by atoms with Crippen molar-refractivity contribution in [1.29, 1.82) is 0 Å². The highest BCUT2D eigenvalue weighted by atomic mass is 16.5. The lowest BCUT2D eigenvalue weighted by molar-refractivity contribution is -0.123. The van der Waals surface area contributed by atoms with Crippen molar-refractivity contribution in [2.45, 2.75) is 40.3 Å². The maximum absolute atomic E-state index is 12.4. The molecule has 0 aliphatic rings. The Balaban J connectivity index is 1.89. The molecular formula is C19H25N5O3. The molecule has 3 N–H and O–H groups in total. The van der Waals surface area contributed by atoms with Crippen LogP contribution in [-0.2, 0) is 16.1 Å². The van der Waals surface area contributed by atoms with Crippen LogP contribution in [0.3, 0.4) is 0 Å². The smallest absolute Gasteiger partial charge is 0.408 e. The minimum atomic E-state index is -0.772. The van der Waals surface area contributed by atoms with E-state index in [2.05, 4.69) is 26.1 Å². The predicted octanol–water partition coefficient (Wildman–Crippen LogP) is 2.49. The van der Waals surface area contributed by atoms with Crippen LogP contribution in [-0.4, -0.2) is 28.0 Å². The van der Waals surface area contributed by atoms with Crippen molar-refractivity contribution < 1.29 is 14.3 Å². The fourth-order valence-corrected chi connectivity index (χ4v) is 2.40. The van der Waals surface area contributed by atoms with Crippen molar-refractivity contribution in [3.63, 3.8) is 0 Å². The Hall–Kier alpha value is -3.16. The number of ether oxygens (including phenoxy) is 1. The number of hydrogen-bond donors (Lipinski definition) is 3. The van der Waals surface area contributed by atoms with Crippen molar-refractivity contribution >= 4 is 17.9 Å². The van der Waals surface area contributed by atoms with E-state index in [1.165, 1.54) is 0 Å². The van der Waals surface area contributed by atoms with Crippen LogP contribution in [0, 0.1) is 19.8 Å². The first-order valence-corrected chi connectivity index (χ1v) is 8.70. The second-order valence-electron chi connectivity index (χ2n) is 6.52. The molecular weight excluding hydrogens is 346 g/mol. The monoisotopic (exact) mass is 371 g/mol. The van der Waals surface area contributed by atoms with E-state index >= 15 is 0 Å². The van der Waals surface area contributed by atoms with Crippen molar-refractivity contribution in [3.05, 3.63) is 53.3 Å². The first-order chi connectivity index (χ1) is 12.8. The van der Waals surface area contributed by atoms with Crippen LogP contribution in [0.1, 0.15) is 30.8 Å². The van der Waals surface area contributed by atoms with Crippen LogP contribution < -0.4 is 16.2 Å². The molecule has 2 amide bonds. The molecule has 1 aromatic heterocycles. The Kier molecular flexibility index (Phi) is 7.10. The molecule has 0 saturated heterocycles. The van der Waals surface area contributed by atoms with Gasteiger partial charge in [0.1, 0.15) is 12.6 Å². The maximum atomic E-state index is 12.4. The fourth-order valence-electron chi connectivity index (χ4n) is 2.40. The second kappa shape index (κ2) is 9.51. The summed E-state index contributed by atoms with van der Waals surface area (Å²) in [7, 11) is 0. The number of nitrogens with one attached hydrogen (secondary N) is 3. The molecule has 0 aliphatic carbocycles. The van der Waals surface area contributed by atoms with Crippen molar-refractivity contribution in [2.75, 3.05) is 5.43 Å². The minimum absolute atomic E-state index is 0.133. The quantitative estimate of drug-likeness (QED) is 0.646. The number of rotatable bonds is 7. The summed E-state index contributed by atoms with van der Waals surface area (Å²) in [6.07, 6.45) is -0.657.